The smallest absolute Gasteiger partial charge is 0.332 e. The van der Waals surface area contributed by atoms with E-state index in [0.717, 1.165) is 12.3 Å². The van der Waals surface area contributed by atoms with Gasteiger partial charge in [-0.15, -0.1) is 0 Å². The zero-order chi connectivity index (χ0) is 23.0. The highest BCUT2D eigenvalue weighted by molar-refractivity contribution is 5.98. The Balaban J connectivity index is 1.79. The van der Waals surface area contributed by atoms with Crippen molar-refractivity contribution in [3.63, 3.8) is 0 Å². The summed E-state index contributed by atoms with van der Waals surface area (Å²) in [6.07, 6.45) is -2.25. The van der Waals surface area contributed by atoms with Crippen molar-refractivity contribution in [3.8, 4) is 11.4 Å². The van der Waals surface area contributed by atoms with Gasteiger partial charge in [0.2, 0.25) is 5.69 Å². The number of pyridine rings is 2. The number of rotatable bonds is 4. The lowest BCUT2D eigenvalue weighted by Crippen LogP contribution is -2.39. The van der Waals surface area contributed by atoms with Gasteiger partial charge in [0.05, 0.1) is 17.5 Å². The molecular weight excluding hydrogens is 438 g/mol. The third-order valence-corrected chi connectivity index (χ3v) is 4.67. The first-order valence-electron chi connectivity index (χ1n) is 9.12. The van der Waals surface area contributed by atoms with E-state index in [2.05, 4.69) is 9.97 Å². The Morgan fingerprint density at radius 2 is 1.72 bits per heavy atom. The van der Waals surface area contributed by atoms with Gasteiger partial charge in [-0.2, -0.15) is 17.6 Å². The number of aromatic amines is 1. The molecule has 0 fully saturated rings. The fourth-order valence-corrected chi connectivity index (χ4v) is 3.23. The van der Waals surface area contributed by atoms with E-state index in [1.807, 2.05) is 5.32 Å². The standard InChI is InChI=1S/C21H12F6N4O/c22-12-9-11(10-13(23)16(12)24)19-29-17(15-6-2-4-8-31(15)19)20(32)30-18(21(25,26)27)14-5-1-3-7-28-14/h1-10,18H,(H,30,32)/p+1. The molecule has 11 heteroatoms. The van der Waals surface area contributed by atoms with Gasteiger partial charge in [-0.1, -0.05) is 12.1 Å². The Bertz CT molecular complexity index is 1280. The Labute approximate surface area is 176 Å². The van der Waals surface area contributed by atoms with Gasteiger partial charge in [0.15, 0.2) is 29.0 Å². The summed E-state index contributed by atoms with van der Waals surface area (Å²) < 4.78 is 82.9. The van der Waals surface area contributed by atoms with Crippen LogP contribution in [0.4, 0.5) is 26.3 Å². The SMILES string of the molecule is O=C(NC(c1ccccn1)C(F)(F)F)c1[nH]c(-c2cc(F)c(F)c(F)c2)[n+]2ccccc12. The van der Waals surface area contributed by atoms with Crippen LogP contribution in [0, 0.1) is 17.5 Å². The lowest BCUT2D eigenvalue weighted by Gasteiger charge is -2.20. The van der Waals surface area contributed by atoms with Crippen LogP contribution in [0.1, 0.15) is 22.2 Å². The minimum atomic E-state index is -4.84. The molecule has 1 unspecified atom stereocenters. The third kappa shape index (κ3) is 3.88. The van der Waals surface area contributed by atoms with Crippen molar-refractivity contribution in [2.45, 2.75) is 12.2 Å². The van der Waals surface area contributed by atoms with E-state index in [9.17, 15) is 31.1 Å². The summed E-state index contributed by atoms with van der Waals surface area (Å²) in [4.78, 5) is 19.1. The highest BCUT2D eigenvalue weighted by Crippen LogP contribution is 2.32. The minimum absolute atomic E-state index is 0.0371. The summed E-state index contributed by atoms with van der Waals surface area (Å²) in [5.74, 6) is -5.76. The van der Waals surface area contributed by atoms with Crippen molar-refractivity contribution >= 4 is 11.4 Å². The quantitative estimate of drug-likeness (QED) is 0.277. The second-order valence-corrected chi connectivity index (χ2v) is 6.76. The molecule has 2 N–H and O–H groups in total. The number of fused-ring (bicyclic) bond motifs is 1. The number of imidazole rings is 1. The van der Waals surface area contributed by atoms with Gasteiger partial charge in [-0.3, -0.25) is 9.78 Å². The average Bonchev–Trinajstić information content (AvgIpc) is 3.15. The molecule has 0 saturated carbocycles. The predicted molar refractivity (Wildman–Crippen MR) is 99.8 cm³/mol. The Kier molecular flexibility index (Phi) is 5.33. The molecule has 164 valence electrons. The van der Waals surface area contributed by atoms with Crippen LogP contribution in [0.15, 0.2) is 60.9 Å². The maximum atomic E-state index is 13.7. The second-order valence-electron chi connectivity index (χ2n) is 6.76. The highest BCUT2D eigenvalue weighted by atomic mass is 19.4. The first-order chi connectivity index (χ1) is 15.2. The number of halogens is 6. The van der Waals surface area contributed by atoms with Crippen LogP contribution in [-0.4, -0.2) is 22.1 Å². The van der Waals surface area contributed by atoms with E-state index in [1.165, 1.54) is 40.9 Å². The monoisotopic (exact) mass is 451 g/mol. The maximum Gasteiger partial charge on any atom is 0.414 e. The van der Waals surface area contributed by atoms with Crippen molar-refractivity contribution in [3.05, 3.63) is 89.8 Å². The maximum absolute atomic E-state index is 13.7. The average molecular weight is 451 g/mol. The van der Waals surface area contributed by atoms with Gasteiger partial charge in [-0.25, -0.2) is 18.2 Å². The number of alkyl halides is 3. The van der Waals surface area contributed by atoms with E-state index < -0.39 is 41.3 Å². The summed E-state index contributed by atoms with van der Waals surface area (Å²) in [7, 11) is 0. The number of amides is 1. The van der Waals surface area contributed by atoms with Gasteiger partial charge in [-0.05, 0) is 36.4 Å². The van der Waals surface area contributed by atoms with Crippen molar-refractivity contribution in [1.82, 2.24) is 15.3 Å². The van der Waals surface area contributed by atoms with E-state index in [-0.39, 0.29) is 22.6 Å². The molecule has 3 aromatic heterocycles. The summed E-state index contributed by atoms with van der Waals surface area (Å²) in [6, 6.07) is 7.40. The van der Waals surface area contributed by atoms with E-state index in [0.29, 0.717) is 12.1 Å². The van der Waals surface area contributed by atoms with Crippen LogP contribution in [0.5, 0.6) is 0 Å². The molecule has 0 aliphatic heterocycles. The van der Waals surface area contributed by atoms with Gasteiger partial charge in [0, 0.05) is 6.20 Å². The van der Waals surface area contributed by atoms with E-state index >= 15 is 0 Å². The fraction of sp³-hybridized carbons (Fsp3) is 0.0952. The number of nitrogens with one attached hydrogen (secondary N) is 2. The van der Waals surface area contributed by atoms with Crippen LogP contribution >= 0.6 is 0 Å². The van der Waals surface area contributed by atoms with Crippen LogP contribution in [0.2, 0.25) is 0 Å². The van der Waals surface area contributed by atoms with Crippen molar-refractivity contribution < 1.29 is 35.5 Å². The van der Waals surface area contributed by atoms with E-state index in [1.54, 1.807) is 0 Å². The molecule has 4 rings (SSSR count). The Morgan fingerprint density at radius 3 is 2.34 bits per heavy atom. The normalized spacial score (nSPS) is 12.7. The molecule has 0 spiro atoms. The zero-order valence-corrected chi connectivity index (χ0v) is 15.9. The summed E-state index contributed by atoms with van der Waals surface area (Å²) in [5, 5.41) is 1.90. The molecule has 0 bridgehead atoms. The van der Waals surface area contributed by atoms with Crippen LogP contribution in [-0.2, 0) is 0 Å². The van der Waals surface area contributed by atoms with E-state index in [4.69, 9.17) is 0 Å². The van der Waals surface area contributed by atoms with Crippen LogP contribution in [0.3, 0.4) is 0 Å². The van der Waals surface area contributed by atoms with Gasteiger partial charge >= 0.3 is 6.18 Å². The first kappa shape index (κ1) is 21.3. The molecular formula is C21H13F6N4O+. The van der Waals surface area contributed by atoms with Crippen LogP contribution in [0.25, 0.3) is 16.9 Å². The highest BCUT2D eigenvalue weighted by Gasteiger charge is 2.44. The molecule has 1 amide bonds. The molecule has 3 heterocycles. The fourth-order valence-electron chi connectivity index (χ4n) is 3.23. The molecule has 0 radical (unpaired) electrons. The molecule has 0 saturated heterocycles. The zero-order valence-electron chi connectivity index (χ0n) is 15.9. The van der Waals surface area contributed by atoms with Gasteiger partial charge in [0.1, 0.15) is 0 Å². The molecule has 0 aliphatic carbocycles. The summed E-state index contributed by atoms with van der Waals surface area (Å²) in [5.41, 5.74) is -0.735. The summed E-state index contributed by atoms with van der Waals surface area (Å²) >= 11 is 0. The lowest BCUT2D eigenvalue weighted by molar-refractivity contribution is -0.498. The number of H-pyrrole nitrogens is 1. The van der Waals surface area contributed by atoms with Gasteiger partial charge < -0.3 is 5.32 Å². The number of carbonyl (C=O) groups excluding carboxylic acids is 1. The number of aromatic nitrogens is 3. The summed E-state index contributed by atoms with van der Waals surface area (Å²) in [6.45, 7) is 0. The predicted octanol–water partition coefficient (Wildman–Crippen LogP) is 4.27. The van der Waals surface area contributed by atoms with Crippen molar-refractivity contribution in [1.29, 1.82) is 0 Å². The molecule has 4 aromatic rings. The number of hydrogen-bond acceptors (Lipinski definition) is 2. The Morgan fingerprint density at radius 1 is 1.03 bits per heavy atom. The molecule has 1 atom stereocenters. The number of hydrogen-bond donors (Lipinski definition) is 2. The number of benzene rings is 1. The largest absolute Gasteiger partial charge is 0.414 e. The van der Waals surface area contributed by atoms with Crippen molar-refractivity contribution in [2.24, 2.45) is 0 Å². The van der Waals surface area contributed by atoms with Crippen LogP contribution < -0.4 is 9.72 Å². The molecule has 1 aromatic carbocycles. The first-order valence-corrected chi connectivity index (χ1v) is 9.12. The Hall–Kier alpha value is -3.89. The lowest BCUT2D eigenvalue weighted by atomic mass is 10.1. The topological polar surface area (TPSA) is 61.9 Å². The molecule has 0 aliphatic rings. The second kappa shape index (κ2) is 7.98. The minimum Gasteiger partial charge on any atom is -0.332 e. The number of nitrogens with zero attached hydrogens (tertiary/aromatic N) is 2. The number of carbonyl (C=O) groups is 1. The van der Waals surface area contributed by atoms with Gasteiger partial charge in [0.25, 0.3) is 11.7 Å². The third-order valence-electron chi connectivity index (χ3n) is 4.67. The molecule has 5 nitrogen and oxygen atoms in total. The molecule has 32 heavy (non-hydrogen) atoms. The van der Waals surface area contributed by atoms with Crippen molar-refractivity contribution in [2.75, 3.05) is 0 Å².